The smallest absolute Gasteiger partial charge is 0.434 e. The summed E-state index contributed by atoms with van der Waals surface area (Å²) < 4.78 is 85.7. The van der Waals surface area contributed by atoms with E-state index in [0.717, 1.165) is 30.6 Å². The molecule has 4 heterocycles. The number of amides is 1. The summed E-state index contributed by atoms with van der Waals surface area (Å²) in [6.07, 6.45) is -4.78. The molecule has 0 spiro atoms. The van der Waals surface area contributed by atoms with E-state index in [2.05, 4.69) is 24.6 Å². The number of piperidine rings is 1. The van der Waals surface area contributed by atoms with E-state index in [0.29, 0.717) is 53.6 Å². The number of carbonyl (C=O) groups excluding carboxylic acids is 1. The number of ether oxygens (including phenoxy) is 1. The minimum atomic E-state index is -4.59. The van der Waals surface area contributed by atoms with Crippen molar-refractivity contribution in [3.8, 4) is 5.88 Å². The maximum Gasteiger partial charge on any atom is 0.434 e. The molecular weight excluding hydrogens is 562 g/mol. The van der Waals surface area contributed by atoms with Crippen LogP contribution in [0.1, 0.15) is 51.6 Å². The Morgan fingerprint density at radius 2 is 1.93 bits per heavy atom. The summed E-state index contributed by atoms with van der Waals surface area (Å²) in [5, 5.41) is 2.73. The maximum absolute atomic E-state index is 13.0. The van der Waals surface area contributed by atoms with Crippen LogP contribution in [0.5, 0.6) is 5.88 Å². The average molecular weight is 589 g/mol. The van der Waals surface area contributed by atoms with Crippen LogP contribution in [0.25, 0.3) is 0 Å². The van der Waals surface area contributed by atoms with Gasteiger partial charge in [-0.1, -0.05) is 0 Å². The summed E-state index contributed by atoms with van der Waals surface area (Å²) in [4.78, 5) is 26.7. The average Bonchev–Trinajstić information content (AvgIpc) is 3.26. The molecule has 0 unspecified atom stereocenters. The van der Waals surface area contributed by atoms with Gasteiger partial charge in [-0.2, -0.15) is 30.7 Å². The van der Waals surface area contributed by atoms with E-state index in [1.165, 1.54) is 6.20 Å². The van der Waals surface area contributed by atoms with Gasteiger partial charge in [0.15, 0.2) is 5.69 Å². The van der Waals surface area contributed by atoms with E-state index in [4.69, 9.17) is 4.74 Å². The van der Waals surface area contributed by atoms with Gasteiger partial charge in [0.25, 0.3) is 5.91 Å². The van der Waals surface area contributed by atoms with E-state index in [1.807, 2.05) is 0 Å². The lowest BCUT2D eigenvalue weighted by Gasteiger charge is -2.32. The lowest BCUT2D eigenvalue weighted by Crippen LogP contribution is -2.39. The number of hydrogen-bond donors (Lipinski definition) is 1. The number of anilines is 1. The first-order valence-corrected chi connectivity index (χ1v) is 13.2. The summed E-state index contributed by atoms with van der Waals surface area (Å²) >= 11 is 1.05. The Kier molecular flexibility index (Phi) is 9.23. The molecule has 1 atom stereocenters. The predicted octanol–water partition coefficient (Wildman–Crippen LogP) is 5.54. The third-order valence-electron chi connectivity index (χ3n) is 6.27. The van der Waals surface area contributed by atoms with Crippen molar-refractivity contribution in [1.29, 1.82) is 0 Å². The number of aryl methyl sites for hydroxylation is 1. The van der Waals surface area contributed by atoms with Gasteiger partial charge in [0.05, 0.1) is 48.1 Å². The van der Waals surface area contributed by atoms with Crippen LogP contribution in [0.4, 0.5) is 32.0 Å². The van der Waals surface area contributed by atoms with E-state index >= 15 is 0 Å². The molecule has 3 aromatic heterocycles. The van der Waals surface area contributed by atoms with Crippen molar-refractivity contribution in [2.75, 3.05) is 31.6 Å². The molecule has 40 heavy (non-hydrogen) atoms. The van der Waals surface area contributed by atoms with Crippen molar-refractivity contribution >= 4 is 23.1 Å². The largest absolute Gasteiger partial charge is 0.477 e. The molecule has 8 nitrogen and oxygen atoms in total. The Hall–Kier alpha value is -3.33. The van der Waals surface area contributed by atoms with E-state index in [9.17, 15) is 31.1 Å². The molecule has 1 saturated heterocycles. The number of hydrogen-bond acceptors (Lipinski definition) is 8. The van der Waals surface area contributed by atoms with Gasteiger partial charge in [0, 0.05) is 42.6 Å². The highest BCUT2D eigenvalue weighted by molar-refractivity contribution is 7.06. The minimum absolute atomic E-state index is 0.0226. The van der Waals surface area contributed by atoms with Gasteiger partial charge in [-0.3, -0.25) is 9.78 Å². The zero-order valence-electron chi connectivity index (χ0n) is 21.3. The zero-order chi connectivity index (χ0) is 28.9. The molecule has 1 aliphatic heterocycles. The van der Waals surface area contributed by atoms with E-state index in [1.54, 1.807) is 24.0 Å². The minimum Gasteiger partial charge on any atom is -0.477 e. The molecule has 0 radical (unpaired) electrons. The van der Waals surface area contributed by atoms with E-state index in [-0.39, 0.29) is 24.6 Å². The number of likely N-dealkylation sites (tertiary alicyclic amines) is 1. The van der Waals surface area contributed by atoms with Crippen LogP contribution in [-0.4, -0.2) is 62.6 Å². The predicted molar refractivity (Wildman–Crippen MR) is 134 cm³/mol. The highest BCUT2D eigenvalue weighted by atomic mass is 32.1. The van der Waals surface area contributed by atoms with Gasteiger partial charge < -0.3 is 15.0 Å². The standard InChI is InChI=1S/C25H26F6N6O2S/c1-15-22(19(40-36-15)9-18-11-33-20(12-32-18)25(29,30)31)23(38)35-17-4-5-21(34-10-17)39-14-16-3-2-7-37(13-16)8-6-24(26,27)28/h4-5,10-12,16H,2-3,6-9,13-14H2,1H3,(H,35,38)/t16-/m1/s1. The third-order valence-corrected chi connectivity index (χ3v) is 7.21. The Labute approximate surface area is 230 Å². The Morgan fingerprint density at radius 3 is 2.58 bits per heavy atom. The Morgan fingerprint density at radius 1 is 1.12 bits per heavy atom. The second kappa shape index (κ2) is 12.5. The monoisotopic (exact) mass is 588 g/mol. The van der Waals surface area contributed by atoms with Crippen LogP contribution in [0, 0.1) is 12.8 Å². The number of aromatic nitrogens is 4. The summed E-state index contributed by atoms with van der Waals surface area (Å²) in [5.41, 5.74) is 0.298. The summed E-state index contributed by atoms with van der Waals surface area (Å²) in [7, 11) is 0. The highest BCUT2D eigenvalue weighted by Crippen LogP contribution is 2.28. The van der Waals surface area contributed by atoms with Crippen molar-refractivity contribution in [3.63, 3.8) is 0 Å². The SMILES string of the molecule is Cc1nsc(Cc2cnc(C(F)(F)F)cn2)c1C(=O)Nc1ccc(OC[C@@H]2CCCN(CCC(F)(F)F)C2)nc1. The van der Waals surface area contributed by atoms with Crippen molar-refractivity contribution < 1.29 is 35.9 Å². The number of alkyl halides is 6. The van der Waals surface area contributed by atoms with Crippen molar-refractivity contribution in [2.24, 2.45) is 5.92 Å². The van der Waals surface area contributed by atoms with Crippen LogP contribution in [0.3, 0.4) is 0 Å². The number of pyridine rings is 1. The summed E-state index contributed by atoms with van der Waals surface area (Å²) in [6, 6.07) is 3.18. The highest BCUT2D eigenvalue weighted by Gasteiger charge is 2.33. The first-order valence-electron chi connectivity index (χ1n) is 12.4. The maximum atomic E-state index is 13.0. The molecule has 216 valence electrons. The third kappa shape index (κ3) is 8.34. The summed E-state index contributed by atoms with van der Waals surface area (Å²) in [6.45, 7) is 3.11. The lowest BCUT2D eigenvalue weighted by atomic mass is 9.99. The van der Waals surface area contributed by atoms with Gasteiger partial charge in [0.1, 0.15) is 0 Å². The molecule has 1 amide bonds. The van der Waals surface area contributed by atoms with Gasteiger partial charge in [-0.05, 0) is 43.9 Å². The molecule has 4 rings (SSSR count). The molecule has 15 heteroatoms. The summed E-state index contributed by atoms with van der Waals surface area (Å²) in [5.74, 6) is -0.0527. The lowest BCUT2D eigenvalue weighted by molar-refractivity contribution is -0.141. The van der Waals surface area contributed by atoms with Crippen molar-refractivity contribution in [3.05, 3.63) is 58.2 Å². The Balaban J connectivity index is 1.30. The van der Waals surface area contributed by atoms with E-state index < -0.39 is 30.4 Å². The number of carbonyl (C=O) groups is 1. The second-order valence-corrected chi connectivity index (χ2v) is 10.3. The van der Waals surface area contributed by atoms with Gasteiger partial charge in [-0.15, -0.1) is 0 Å². The van der Waals surface area contributed by atoms with Crippen molar-refractivity contribution in [1.82, 2.24) is 24.2 Å². The first-order chi connectivity index (χ1) is 18.9. The number of rotatable bonds is 9. The molecule has 0 saturated carbocycles. The van der Waals surface area contributed by atoms with Gasteiger partial charge in [-0.25, -0.2) is 9.97 Å². The van der Waals surface area contributed by atoms with Crippen LogP contribution in [0.2, 0.25) is 0 Å². The fourth-order valence-corrected chi connectivity index (χ4v) is 5.18. The second-order valence-electron chi connectivity index (χ2n) is 9.46. The van der Waals surface area contributed by atoms with Crippen LogP contribution in [-0.2, 0) is 12.6 Å². The normalized spacial score (nSPS) is 16.6. The van der Waals surface area contributed by atoms with Crippen LogP contribution >= 0.6 is 11.5 Å². The molecule has 0 aromatic carbocycles. The van der Waals surface area contributed by atoms with Crippen LogP contribution in [0.15, 0.2) is 30.7 Å². The molecule has 1 N–H and O–H groups in total. The fourth-order valence-electron chi connectivity index (χ4n) is 4.30. The molecule has 1 fully saturated rings. The van der Waals surface area contributed by atoms with Crippen LogP contribution < -0.4 is 10.1 Å². The molecule has 0 aliphatic carbocycles. The number of nitrogens with zero attached hydrogens (tertiary/aromatic N) is 5. The topological polar surface area (TPSA) is 93.1 Å². The quantitative estimate of drug-likeness (QED) is 0.328. The first kappa shape index (κ1) is 29.6. The number of nitrogens with one attached hydrogen (secondary N) is 1. The van der Waals surface area contributed by atoms with Gasteiger partial charge in [0.2, 0.25) is 5.88 Å². The zero-order valence-corrected chi connectivity index (χ0v) is 22.2. The fraction of sp³-hybridized carbons (Fsp3) is 0.480. The molecular formula is C25H26F6N6O2S. The molecule has 0 bridgehead atoms. The molecule has 1 aliphatic rings. The van der Waals surface area contributed by atoms with Gasteiger partial charge >= 0.3 is 12.4 Å². The molecule has 3 aromatic rings. The number of halogens is 6. The van der Waals surface area contributed by atoms with Crippen molar-refractivity contribution in [2.45, 2.75) is 45.0 Å². The Bertz CT molecular complexity index is 1280.